The van der Waals surface area contributed by atoms with Crippen LogP contribution in [0.25, 0.3) is 0 Å². The monoisotopic (exact) mass is 276 g/mol. The lowest BCUT2D eigenvalue weighted by Crippen LogP contribution is -2.30. The number of aliphatic hydroxyl groups excluding tert-OH is 2. The molecule has 8 heteroatoms. The van der Waals surface area contributed by atoms with Gasteiger partial charge in [-0.25, -0.2) is 4.39 Å². The lowest BCUT2D eigenvalue weighted by atomic mass is 10.1. The summed E-state index contributed by atoms with van der Waals surface area (Å²) < 4.78 is 20.3. The fraction of sp³-hybridized carbons (Fsp3) is 0.600. The van der Waals surface area contributed by atoms with Gasteiger partial charge in [0.05, 0.1) is 6.61 Å². The van der Waals surface area contributed by atoms with Crippen molar-refractivity contribution in [3.63, 3.8) is 0 Å². The largest absolute Gasteiger partial charge is 0.394 e. The molecule has 6 nitrogen and oxygen atoms in total. The zero-order valence-electron chi connectivity index (χ0n) is 9.54. The van der Waals surface area contributed by atoms with Crippen LogP contribution in [0.4, 0.5) is 4.39 Å². The van der Waals surface area contributed by atoms with Gasteiger partial charge >= 0.3 is 0 Å². The second-order valence-corrected chi connectivity index (χ2v) is 4.55. The lowest BCUT2D eigenvalue weighted by molar-refractivity contribution is -0.0484. The van der Waals surface area contributed by atoms with E-state index in [2.05, 4.69) is 4.98 Å². The van der Waals surface area contributed by atoms with Crippen LogP contribution >= 0.6 is 12.2 Å². The minimum absolute atomic E-state index is 0.00374. The van der Waals surface area contributed by atoms with E-state index < -0.39 is 31.2 Å². The fourth-order valence-corrected chi connectivity index (χ4v) is 2.10. The summed E-state index contributed by atoms with van der Waals surface area (Å²) in [6, 6.07) is 0. The van der Waals surface area contributed by atoms with Crippen molar-refractivity contribution in [2.75, 3.05) is 6.61 Å². The molecule has 3 N–H and O–H groups in total. The molecule has 0 saturated carbocycles. The van der Waals surface area contributed by atoms with Gasteiger partial charge < -0.3 is 14.9 Å². The maximum absolute atomic E-state index is 13.9. The average Bonchev–Trinajstić information content (AvgIpc) is 2.61. The number of rotatable bonds is 2. The summed E-state index contributed by atoms with van der Waals surface area (Å²) in [6.45, 7) is 1.06. The molecule has 18 heavy (non-hydrogen) atoms. The molecule has 0 amide bonds. The van der Waals surface area contributed by atoms with E-state index in [1.807, 2.05) is 0 Å². The van der Waals surface area contributed by atoms with Crippen molar-refractivity contribution in [3.8, 4) is 0 Å². The Hall–Kier alpha value is -1.09. The number of nitrogens with zero attached hydrogens (tertiary/aromatic N) is 1. The number of ether oxygens (including phenoxy) is 1. The van der Waals surface area contributed by atoms with E-state index >= 15 is 0 Å². The van der Waals surface area contributed by atoms with Crippen LogP contribution < -0.4 is 5.56 Å². The van der Waals surface area contributed by atoms with Crippen molar-refractivity contribution in [3.05, 3.63) is 26.9 Å². The third kappa shape index (κ3) is 2.12. The molecule has 0 aliphatic carbocycles. The van der Waals surface area contributed by atoms with Gasteiger partial charge in [0.1, 0.15) is 12.2 Å². The number of hydrogen-bond acceptors (Lipinski definition) is 5. The Morgan fingerprint density at radius 1 is 1.67 bits per heavy atom. The van der Waals surface area contributed by atoms with Crippen molar-refractivity contribution in [2.45, 2.75) is 31.5 Å². The molecule has 0 aromatic carbocycles. The Bertz CT molecular complexity index is 558. The van der Waals surface area contributed by atoms with Gasteiger partial charge in [0.15, 0.2) is 17.2 Å². The number of nitrogens with one attached hydrogen (secondary N) is 1. The highest BCUT2D eigenvalue weighted by Gasteiger charge is 2.44. The summed E-state index contributed by atoms with van der Waals surface area (Å²) in [5.41, 5.74) is -0.00903. The molecule has 1 aromatic rings. The van der Waals surface area contributed by atoms with Gasteiger partial charge in [0, 0.05) is 11.8 Å². The topological polar surface area (TPSA) is 87.5 Å². The normalized spacial score (nSPS) is 31.8. The Morgan fingerprint density at radius 2 is 2.33 bits per heavy atom. The first-order valence-corrected chi connectivity index (χ1v) is 5.77. The second kappa shape index (κ2) is 4.88. The molecule has 4 atom stereocenters. The number of aliphatic hydroxyl groups is 2. The summed E-state index contributed by atoms with van der Waals surface area (Å²) in [5.74, 6) is 0. The fourth-order valence-electron chi connectivity index (χ4n) is 1.85. The Kier molecular flexibility index (Phi) is 3.62. The Morgan fingerprint density at radius 3 is 2.89 bits per heavy atom. The molecule has 100 valence electrons. The molecule has 2 heterocycles. The number of hydrogen-bond donors (Lipinski definition) is 3. The minimum atomic E-state index is -1.72. The highest BCUT2D eigenvalue weighted by Crippen LogP contribution is 2.31. The molecule has 1 aromatic heterocycles. The minimum Gasteiger partial charge on any atom is -0.394 e. The molecule has 0 bridgehead atoms. The van der Waals surface area contributed by atoms with Crippen LogP contribution in [0.2, 0.25) is 0 Å². The van der Waals surface area contributed by atoms with E-state index in [4.69, 9.17) is 22.1 Å². The SMILES string of the molecule is Cc1cn([C@@H]2O[C@H](CO)[C@@H](O)[C@H]2F)c(=S)[nH]c1=O. The first kappa shape index (κ1) is 13.3. The highest BCUT2D eigenvalue weighted by molar-refractivity contribution is 7.71. The van der Waals surface area contributed by atoms with Crippen LogP contribution in [-0.4, -0.2) is 44.8 Å². The molecule has 1 aliphatic rings. The number of halogens is 1. The quantitative estimate of drug-likeness (QED) is 0.651. The molecule has 1 saturated heterocycles. The van der Waals surface area contributed by atoms with Gasteiger partial charge in [-0.05, 0) is 19.1 Å². The summed E-state index contributed by atoms with van der Waals surface area (Å²) in [6.07, 6.45) is -3.93. The highest BCUT2D eigenvalue weighted by atomic mass is 32.1. The lowest BCUT2D eigenvalue weighted by Gasteiger charge is -2.17. The molecule has 0 unspecified atom stereocenters. The average molecular weight is 276 g/mol. The van der Waals surface area contributed by atoms with Crippen LogP contribution in [0.1, 0.15) is 11.8 Å². The van der Waals surface area contributed by atoms with Crippen LogP contribution in [-0.2, 0) is 4.74 Å². The first-order chi connectivity index (χ1) is 8.45. The second-order valence-electron chi connectivity index (χ2n) is 4.16. The summed E-state index contributed by atoms with van der Waals surface area (Å²) in [5, 5.41) is 18.5. The van der Waals surface area contributed by atoms with Crippen LogP contribution in [0.15, 0.2) is 11.0 Å². The predicted molar refractivity (Wildman–Crippen MR) is 62.5 cm³/mol. The number of alkyl halides is 1. The van der Waals surface area contributed by atoms with Crippen molar-refractivity contribution >= 4 is 12.2 Å². The summed E-state index contributed by atoms with van der Waals surface area (Å²) >= 11 is 4.92. The molecule has 0 radical (unpaired) electrons. The number of H-pyrrole nitrogens is 1. The molecule has 1 aliphatic heterocycles. The Labute approximate surface area is 107 Å². The molecular weight excluding hydrogens is 263 g/mol. The summed E-state index contributed by atoms with van der Waals surface area (Å²) in [4.78, 5) is 13.7. The van der Waals surface area contributed by atoms with Crippen molar-refractivity contribution in [1.29, 1.82) is 0 Å². The van der Waals surface area contributed by atoms with E-state index in [0.29, 0.717) is 5.56 Å². The van der Waals surface area contributed by atoms with Crippen LogP contribution in [0, 0.1) is 11.7 Å². The van der Waals surface area contributed by atoms with E-state index in [1.54, 1.807) is 6.92 Å². The maximum atomic E-state index is 13.9. The summed E-state index contributed by atoms with van der Waals surface area (Å²) in [7, 11) is 0. The third-order valence-electron chi connectivity index (χ3n) is 2.89. The number of aromatic nitrogens is 2. The zero-order valence-corrected chi connectivity index (χ0v) is 10.4. The van der Waals surface area contributed by atoms with E-state index in [-0.39, 0.29) is 10.3 Å². The van der Waals surface area contributed by atoms with Crippen LogP contribution in [0.3, 0.4) is 0 Å². The molecule has 2 rings (SSSR count). The first-order valence-electron chi connectivity index (χ1n) is 5.36. The smallest absolute Gasteiger partial charge is 0.254 e. The Balaban J connectivity index is 2.42. The van der Waals surface area contributed by atoms with Crippen molar-refractivity contribution < 1.29 is 19.3 Å². The van der Waals surface area contributed by atoms with Crippen LogP contribution in [0.5, 0.6) is 0 Å². The van der Waals surface area contributed by atoms with Gasteiger partial charge in [-0.2, -0.15) is 0 Å². The molecule has 1 fully saturated rings. The molecular formula is C10H13FN2O4S. The van der Waals surface area contributed by atoms with Gasteiger partial charge in [0.25, 0.3) is 5.56 Å². The van der Waals surface area contributed by atoms with Gasteiger partial charge in [-0.3, -0.25) is 14.3 Å². The number of aryl methyl sites for hydroxylation is 1. The number of aromatic amines is 1. The van der Waals surface area contributed by atoms with E-state index in [1.165, 1.54) is 10.8 Å². The predicted octanol–water partition coefficient (Wildman–Crippen LogP) is -0.197. The third-order valence-corrected chi connectivity index (χ3v) is 3.21. The maximum Gasteiger partial charge on any atom is 0.254 e. The standard InChI is InChI=1S/C10H13FN2O4S/c1-4-2-13(10(18)12-8(4)16)9-6(11)7(15)5(3-14)17-9/h2,5-7,9,14-15H,3H2,1H3,(H,12,16,18)/t5-,6-,7-,9-/m1/s1. The van der Waals surface area contributed by atoms with Crippen molar-refractivity contribution in [2.24, 2.45) is 0 Å². The van der Waals surface area contributed by atoms with Crippen molar-refractivity contribution in [1.82, 2.24) is 9.55 Å². The van der Waals surface area contributed by atoms with Gasteiger partial charge in [-0.1, -0.05) is 0 Å². The van der Waals surface area contributed by atoms with E-state index in [0.717, 1.165) is 0 Å². The zero-order chi connectivity index (χ0) is 13.4. The van der Waals surface area contributed by atoms with Gasteiger partial charge in [0.2, 0.25) is 0 Å². The van der Waals surface area contributed by atoms with E-state index in [9.17, 15) is 14.3 Å². The molecule has 0 spiro atoms. The van der Waals surface area contributed by atoms with Gasteiger partial charge in [-0.15, -0.1) is 0 Å².